The van der Waals surface area contributed by atoms with Gasteiger partial charge in [0.15, 0.2) is 11.5 Å². The number of hydrogen-bond acceptors (Lipinski definition) is 4. The number of rotatable bonds is 3. The predicted octanol–water partition coefficient (Wildman–Crippen LogP) is 3.47. The van der Waals surface area contributed by atoms with Gasteiger partial charge in [-0.05, 0) is 36.8 Å². The number of aromatic amines is 1. The fraction of sp³-hybridized carbons (Fsp3) is 0.167. The van der Waals surface area contributed by atoms with E-state index in [0.29, 0.717) is 22.9 Å². The zero-order valence-electron chi connectivity index (χ0n) is 13.3. The van der Waals surface area contributed by atoms with E-state index in [-0.39, 0.29) is 12.7 Å². The van der Waals surface area contributed by atoms with Crippen LogP contribution < -0.4 is 19.5 Å². The Bertz CT molecular complexity index is 946. The Balaban J connectivity index is 1.64. The van der Waals surface area contributed by atoms with Crippen LogP contribution >= 0.6 is 0 Å². The highest BCUT2D eigenvalue weighted by Gasteiger charge is 2.18. The van der Waals surface area contributed by atoms with Crippen LogP contribution in [0, 0.1) is 6.92 Å². The van der Waals surface area contributed by atoms with Crippen LogP contribution in [0.1, 0.15) is 16.1 Å². The molecule has 6 nitrogen and oxygen atoms in total. The molecule has 0 saturated heterocycles. The molecule has 2 N–H and O–H groups in total. The van der Waals surface area contributed by atoms with Crippen molar-refractivity contribution in [3.8, 4) is 17.2 Å². The normalized spacial score (nSPS) is 12.4. The Morgan fingerprint density at radius 3 is 2.83 bits per heavy atom. The number of amides is 1. The number of anilines is 1. The average Bonchev–Trinajstić information content (AvgIpc) is 3.18. The van der Waals surface area contributed by atoms with Crippen molar-refractivity contribution in [3.63, 3.8) is 0 Å². The number of aryl methyl sites for hydroxylation is 1. The van der Waals surface area contributed by atoms with Gasteiger partial charge in [0.05, 0.1) is 7.11 Å². The number of carbonyl (C=O) groups excluding carboxylic acids is 1. The van der Waals surface area contributed by atoms with Gasteiger partial charge < -0.3 is 24.5 Å². The molecule has 1 amide bonds. The van der Waals surface area contributed by atoms with E-state index in [1.807, 2.05) is 25.1 Å². The molecule has 6 heteroatoms. The van der Waals surface area contributed by atoms with Gasteiger partial charge in [0, 0.05) is 28.7 Å². The Kier molecular flexibility index (Phi) is 3.30. The van der Waals surface area contributed by atoms with E-state index in [2.05, 4.69) is 10.3 Å². The van der Waals surface area contributed by atoms with E-state index in [0.717, 1.165) is 22.2 Å². The predicted molar refractivity (Wildman–Crippen MR) is 90.1 cm³/mol. The topological polar surface area (TPSA) is 72.6 Å². The van der Waals surface area contributed by atoms with Crippen LogP contribution in [0.5, 0.6) is 17.2 Å². The largest absolute Gasteiger partial charge is 0.497 e. The molecule has 0 atom stereocenters. The SMILES string of the molecule is COc1ccc2c(C)c(C(=O)Nc3ccc4c(c3)OCO4)[nH]c2c1. The summed E-state index contributed by atoms with van der Waals surface area (Å²) >= 11 is 0. The minimum absolute atomic E-state index is 0.204. The van der Waals surface area contributed by atoms with E-state index < -0.39 is 0 Å². The fourth-order valence-electron chi connectivity index (χ4n) is 2.84. The van der Waals surface area contributed by atoms with E-state index in [1.54, 1.807) is 25.3 Å². The van der Waals surface area contributed by atoms with Crippen LogP contribution in [0.15, 0.2) is 36.4 Å². The highest BCUT2D eigenvalue weighted by molar-refractivity contribution is 6.08. The highest BCUT2D eigenvalue weighted by Crippen LogP contribution is 2.34. The van der Waals surface area contributed by atoms with E-state index in [9.17, 15) is 4.79 Å². The lowest BCUT2D eigenvalue weighted by Gasteiger charge is -2.05. The molecule has 2 heterocycles. The average molecular weight is 324 g/mol. The summed E-state index contributed by atoms with van der Waals surface area (Å²) in [5.41, 5.74) is 2.93. The van der Waals surface area contributed by atoms with Crippen molar-refractivity contribution in [2.45, 2.75) is 6.92 Å². The maximum absolute atomic E-state index is 12.6. The first-order chi connectivity index (χ1) is 11.7. The first-order valence-electron chi connectivity index (χ1n) is 7.53. The number of H-pyrrole nitrogens is 1. The van der Waals surface area contributed by atoms with E-state index in [4.69, 9.17) is 14.2 Å². The second-order valence-corrected chi connectivity index (χ2v) is 5.56. The number of aromatic nitrogens is 1. The maximum atomic E-state index is 12.6. The zero-order valence-corrected chi connectivity index (χ0v) is 13.3. The second-order valence-electron chi connectivity index (χ2n) is 5.56. The molecule has 4 rings (SSSR count). The van der Waals surface area contributed by atoms with Crippen LogP contribution in [0.3, 0.4) is 0 Å². The van der Waals surface area contributed by atoms with Gasteiger partial charge in [0.2, 0.25) is 6.79 Å². The third-order valence-corrected chi connectivity index (χ3v) is 4.12. The minimum Gasteiger partial charge on any atom is -0.497 e. The molecular formula is C18H16N2O4. The number of carbonyl (C=O) groups is 1. The summed E-state index contributed by atoms with van der Waals surface area (Å²) < 4.78 is 15.8. The number of hydrogen-bond donors (Lipinski definition) is 2. The Morgan fingerprint density at radius 1 is 1.17 bits per heavy atom. The van der Waals surface area contributed by atoms with Gasteiger partial charge in [-0.2, -0.15) is 0 Å². The van der Waals surface area contributed by atoms with Gasteiger partial charge in [-0.25, -0.2) is 0 Å². The summed E-state index contributed by atoms with van der Waals surface area (Å²) in [5, 5.41) is 3.87. The van der Waals surface area contributed by atoms with Crippen LogP contribution in [0.4, 0.5) is 5.69 Å². The van der Waals surface area contributed by atoms with Crippen LogP contribution in [-0.2, 0) is 0 Å². The third-order valence-electron chi connectivity index (χ3n) is 4.12. The molecule has 0 saturated carbocycles. The van der Waals surface area contributed by atoms with Crippen LogP contribution in [0.25, 0.3) is 10.9 Å². The van der Waals surface area contributed by atoms with E-state index in [1.165, 1.54) is 0 Å². The molecule has 1 aromatic heterocycles. The van der Waals surface area contributed by atoms with Crippen molar-refractivity contribution in [3.05, 3.63) is 47.7 Å². The number of ether oxygens (including phenoxy) is 3. The quantitative estimate of drug-likeness (QED) is 0.774. The summed E-state index contributed by atoms with van der Waals surface area (Å²) in [6.45, 7) is 2.12. The Labute approximate surface area is 138 Å². The summed E-state index contributed by atoms with van der Waals surface area (Å²) in [5.74, 6) is 1.85. The third kappa shape index (κ3) is 2.32. The Morgan fingerprint density at radius 2 is 2.00 bits per heavy atom. The van der Waals surface area contributed by atoms with Crippen molar-refractivity contribution < 1.29 is 19.0 Å². The minimum atomic E-state index is -0.207. The molecule has 24 heavy (non-hydrogen) atoms. The molecule has 1 aliphatic rings. The van der Waals surface area contributed by atoms with Gasteiger partial charge in [-0.1, -0.05) is 0 Å². The maximum Gasteiger partial charge on any atom is 0.272 e. The summed E-state index contributed by atoms with van der Waals surface area (Å²) in [7, 11) is 1.62. The van der Waals surface area contributed by atoms with Crippen molar-refractivity contribution in [2.75, 3.05) is 19.2 Å². The molecule has 122 valence electrons. The Hall–Kier alpha value is -3.15. The van der Waals surface area contributed by atoms with Crippen LogP contribution in [-0.4, -0.2) is 24.8 Å². The van der Waals surface area contributed by atoms with E-state index >= 15 is 0 Å². The monoisotopic (exact) mass is 324 g/mol. The fourth-order valence-corrected chi connectivity index (χ4v) is 2.84. The molecule has 0 bridgehead atoms. The number of methoxy groups -OCH3 is 1. The van der Waals surface area contributed by atoms with Crippen molar-refractivity contribution in [1.82, 2.24) is 4.98 Å². The lowest BCUT2D eigenvalue weighted by molar-refractivity contribution is 0.102. The lowest BCUT2D eigenvalue weighted by atomic mass is 10.1. The van der Waals surface area contributed by atoms with Gasteiger partial charge >= 0.3 is 0 Å². The molecule has 0 aliphatic carbocycles. The molecule has 2 aromatic carbocycles. The van der Waals surface area contributed by atoms with Gasteiger partial charge in [0.1, 0.15) is 11.4 Å². The first kappa shape index (κ1) is 14.4. The molecule has 1 aliphatic heterocycles. The van der Waals surface area contributed by atoms with Gasteiger partial charge in [-0.15, -0.1) is 0 Å². The smallest absolute Gasteiger partial charge is 0.272 e. The molecule has 0 radical (unpaired) electrons. The zero-order chi connectivity index (χ0) is 16.7. The molecule has 0 unspecified atom stereocenters. The molecule has 3 aromatic rings. The summed E-state index contributed by atoms with van der Waals surface area (Å²) in [4.78, 5) is 15.8. The van der Waals surface area contributed by atoms with Gasteiger partial charge in [0.25, 0.3) is 5.91 Å². The second kappa shape index (κ2) is 5.49. The van der Waals surface area contributed by atoms with Crippen molar-refractivity contribution >= 4 is 22.5 Å². The summed E-state index contributed by atoms with van der Waals surface area (Å²) in [6, 6.07) is 11.0. The van der Waals surface area contributed by atoms with Crippen molar-refractivity contribution in [1.29, 1.82) is 0 Å². The van der Waals surface area contributed by atoms with Crippen LogP contribution in [0.2, 0.25) is 0 Å². The number of benzene rings is 2. The molecular weight excluding hydrogens is 308 g/mol. The first-order valence-corrected chi connectivity index (χ1v) is 7.53. The number of fused-ring (bicyclic) bond motifs is 2. The molecule has 0 fully saturated rings. The highest BCUT2D eigenvalue weighted by atomic mass is 16.7. The standard InChI is InChI=1S/C18H16N2O4/c1-10-13-5-4-12(22-2)8-14(13)20-17(10)18(21)19-11-3-6-15-16(7-11)24-9-23-15/h3-8,20H,9H2,1-2H3,(H,19,21). The summed E-state index contributed by atoms with van der Waals surface area (Å²) in [6.07, 6.45) is 0. The lowest BCUT2D eigenvalue weighted by Crippen LogP contribution is -2.13. The molecule has 0 spiro atoms. The van der Waals surface area contributed by atoms with Crippen molar-refractivity contribution in [2.24, 2.45) is 0 Å². The van der Waals surface area contributed by atoms with Gasteiger partial charge in [-0.3, -0.25) is 4.79 Å². The number of nitrogens with one attached hydrogen (secondary N) is 2.